The van der Waals surface area contributed by atoms with Gasteiger partial charge >= 0.3 is 10.6 Å². The Kier molecular flexibility index (Phi) is 5.70. The van der Waals surface area contributed by atoms with Crippen LogP contribution in [0.4, 0.5) is 22.7 Å². The summed E-state index contributed by atoms with van der Waals surface area (Å²) in [5.41, 5.74) is 2.09. The maximum atomic E-state index is 12.3. The van der Waals surface area contributed by atoms with Crippen LogP contribution in [0.2, 0.25) is 0 Å². The molecule has 0 saturated heterocycles. The summed E-state index contributed by atoms with van der Waals surface area (Å²) in [7, 11) is -12.4. The summed E-state index contributed by atoms with van der Waals surface area (Å²) >= 11 is 0. The highest BCUT2D eigenvalue weighted by Crippen LogP contribution is 2.44. The zero-order valence-corrected chi connectivity index (χ0v) is 18.9. The van der Waals surface area contributed by atoms with Crippen LogP contribution in [-0.4, -0.2) is 48.5 Å². The second-order valence-corrected chi connectivity index (χ2v) is 10.0. The molecule has 16 heteroatoms. The molecule has 1 aromatic heterocycles. The molecule has 1 aliphatic rings. The van der Waals surface area contributed by atoms with Crippen molar-refractivity contribution in [2.75, 3.05) is 10.6 Å². The van der Waals surface area contributed by atoms with Crippen LogP contribution in [0.15, 0.2) is 58.3 Å². The maximum Gasteiger partial charge on any atom is 0.425 e. The minimum Gasteiger partial charge on any atom is -0.352 e. The fraction of sp³-hybridized carbons (Fsp3) is 0. The van der Waals surface area contributed by atoms with Gasteiger partial charge in [-0.2, -0.15) is 16.8 Å². The van der Waals surface area contributed by atoms with Gasteiger partial charge in [0.15, 0.2) is 0 Å². The van der Waals surface area contributed by atoms with Crippen molar-refractivity contribution in [2.24, 2.45) is 0 Å². The number of nitrogens with one attached hydrogen (secondary N) is 2. The van der Waals surface area contributed by atoms with E-state index in [-0.39, 0.29) is 27.8 Å². The average Bonchev–Trinajstić information content (AvgIpc) is 2.72. The highest BCUT2D eigenvalue weighted by atomic mass is 32.2. The van der Waals surface area contributed by atoms with Crippen LogP contribution in [0.3, 0.4) is 0 Å². The number of aromatic nitrogens is 2. The lowest BCUT2D eigenvalue weighted by Gasteiger charge is -2.25. The Bertz CT molecular complexity index is 1820. The molecule has 13 nitrogen and oxygen atoms in total. The second-order valence-electron chi connectivity index (χ2n) is 6.82. The standard InChI is InChI=1S/C18H12N4O6S2.O3S/c23-29(24,25)9-5-6-12-13(7-9)22-17-15(20-12)8-14-16(18(17)30(26,27)28)21-11-4-2-1-3-10(11)19-14;1-4(2)3/h1-8,19,21H,(H,23,24,25)(H,26,27,28);. The Morgan fingerprint density at radius 2 is 1.32 bits per heavy atom. The van der Waals surface area contributed by atoms with Gasteiger partial charge in [-0.1, -0.05) is 12.1 Å². The number of hydrogen-bond donors (Lipinski definition) is 4. The third-order valence-corrected chi connectivity index (χ3v) is 6.43. The lowest BCUT2D eigenvalue weighted by atomic mass is 10.1. The molecule has 4 aromatic rings. The number of nitrogens with zero attached hydrogens (tertiary/aromatic N) is 2. The highest BCUT2D eigenvalue weighted by molar-refractivity contribution is 7.86. The molecule has 0 unspecified atom stereocenters. The first-order valence-electron chi connectivity index (χ1n) is 8.98. The van der Waals surface area contributed by atoms with Crippen LogP contribution in [0.1, 0.15) is 0 Å². The summed E-state index contributed by atoms with van der Waals surface area (Å²) in [6.07, 6.45) is 0. The molecule has 0 aliphatic carbocycles. The Morgan fingerprint density at radius 3 is 1.91 bits per heavy atom. The summed E-state index contributed by atoms with van der Waals surface area (Å²) in [6.45, 7) is 0. The smallest absolute Gasteiger partial charge is 0.352 e. The van der Waals surface area contributed by atoms with Crippen molar-refractivity contribution >= 4 is 75.7 Å². The zero-order chi connectivity index (χ0) is 24.8. The molecule has 0 amide bonds. The minimum atomic E-state index is -4.75. The molecule has 34 heavy (non-hydrogen) atoms. The average molecular weight is 525 g/mol. The summed E-state index contributed by atoms with van der Waals surface area (Å²) in [5, 5.41) is 6.09. The molecule has 1 aliphatic heterocycles. The molecule has 5 rings (SSSR count). The Morgan fingerprint density at radius 1 is 0.706 bits per heavy atom. The molecule has 4 N–H and O–H groups in total. The molecular weight excluding hydrogens is 512 g/mol. The predicted octanol–water partition coefficient (Wildman–Crippen LogP) is 2.07. The molecular formula is C18H12N4O9S3. The van der Waals surface area contributed by atoms with Crippen LogP contribution >= 0.6 is 0 Å². The molecule has 0 fully saturated rings. The van der Waals surface area contributed by atoms with Gasteiger partial charge in [-0.25, -0.2) is 9.97 Å². The Labute approximate surface area is 193 Å². The van der Waals surface area contributed by atoms with Crippen LogP contribution in [0.25, 0.3) is 22.1 Å². The maximum absolute atomic E-state index is 12.3. The van der Waals surface area contributed by atoms with E-state index in [1.54, 1.807) is 24.3 Å². The van der Waals surface area contributed by atoms with E-state index < -0.39 is 40.6 Å². The van der Waals surface area contributed by atoms with E-state index in [2.05, 4.69) is 20.6 Å². The van der Waals surface area contributed by atoms with E-state index in [4.69, 9.17) is 12.6 Å². The van der Waals surface area contributed by atoms with Crippen molar-refractivity contribution in [1.29, 1.82) is 0 Å². The van der Waals surface area contributed by atoms with Crippen molar-refractivity contribution in [3.63, 3.8) is 0 Å². The third kappa shape index (κ3) is 4.52. The molecule has 0 radical (unpaired) electrons. The van der Waals surface area contributed by atoms with Gasteiger partial charge in [0, 0.05) is 0 Å². The van der Waals surface area contributed by atoms with Gasteiger partial charge in [0.2, 0.25) is 0 Å². The quantitative estimate of drug-likeness (QED) is 0.193. The van der Waals surface area contributed by atoms with Gasteiger partial charge < -0.3 is 10.6 Å². The lowest BCUT2D eigenvalue weighted by molar-refractivity contribution is 0.481. The number of rotatable bonds is 2. The van der Waals surface area contributed by atoms with E-state index in [9.17, 15) is 25.9 Å². The van der Waals surface area contributed by atoms with Crippen molar-refractivity contribution in [2.45, 2.75) is 9.79 Å². The van der Waals surface area contributed by atoms with E-state index in [1.807, 2.05) is 6.07 Å². The predicted molar refractivity (Wildman–Crippen MR) is 119 cm³/mol. The normalized spacial score (nSPS) is 12.5. The minimum absolute atomic E-state index is 0.0339. The monoisotopic (exact) mass is 524 g/mol. The molecule has 0 atom stereocenters. The molecule has 2 heterocycles. The van der Waals surface area contributed by atoms with Crippen molar-refractivity contribution in [3.8, 4) is 0 Å². The lowest BCUT2D eigenvalue weighted by Crippen LogP contribution is -2.12. The molecule has 0 spiro atoms. The first-order chi connectivity index (χ1) is 15.8. The van der Waals surface area contributed by atoms with Crippen LogP contribution in [-0.2, 0) is 30.8 Å². The van der Waals surface area contributed by atoms with Gasteiger partial charge in [-0.15, -0.1) is 12.6 Å². The summed E-state index contributed by atoms with van der Waals surface area (Å²) in [4.78, 5) is 7.68. The van der Waals surface area contributed by atoms with Gasteiger partial charge in [0.1, 0.15) is 10.4 Å². The van der Waals surface area contributed by atoms with Crippen molar-refractivity contribution in [3.05, 3.63) is 48.5 Å². The van der Waals surface area contributed by atoms with Gasteiger partial charge in [0.05, 0.1) is 44.2 Å². The number of para-hydroxylation sites is 2. The summed E-state index contributed by atoms with van der Waals surface area (Å²) < 4.78 is 92.0. The Balaban J connectivity index is 0.000000636. The number of benzene rings is 3. The topological polar surface area (TPSA) is 210 Å². The largest absolute Gasteiger partial charge is 0.425 e. The van der Waals surface area contributed by atoms with Crippen LogP contribution < -0.4 is 10.6 Å². The Hall–Kier alpha value is -3.70. The zero-order valence-electron chi connectivity index (χ0n) is 16.5. The van der Waals surface area contributed by atoms with E-state index in [0.29, 0.717) is 17.1 Å². The SMILES string of the molecule is O=S(=O)(O)c1ccc2nc3cc4c(c(S(=O)(=O)O)c3nc2c1)Nc1ccccc1N4.O=S(=O)=O. The van der Waals surface area contributed by atoms with Crippen LogP contribution in [0.5, 0.6) is 0 Å². The fourth-order valence-electron chi connectivity index (χ4n) is 3.38. The van der Waals surface area contributed by atoms with Crippen molar-refractivity contribution in [1.82, 2.24) is 9.97 Å². The summed E-state index contributed by atoms with van der Waals surface area (Å²) in [6, 6.07) is 12.3. The second kappa shape index (κ2) is 8.26. The molecule has 3 aromatic carbocycles. The van der Waals surface area contributed by atoms with E-state index in [1.165, 1.54) is 6.07 Å². The number of fused-ring (bicyclic) bond motifs is 4. The first-order valence-corrected chi connectivity index (χ1v) is 12.9. The molecule has 0 saturated carbocycles. The fourth-order valence-corrected chi connectivity index (χ4v) is 4.69. The van der Waals surface area contributed by atoms with Crippen molar-refractivity contribution < 1.29 is 38.6 Å². The van der Waals surface area contributed by atoms with Gasteiger partial charge in [-0.05, 0) is 36.4 Å². The van der Waals surface area contributed by atoms with Crippen LogP contribution in [0, 0.1) is 0 Å². The van der Waals surface area contributed by atoms with E-state index >= 15 is 0 Å². The first kappa shape index (κ1) is 23.5. The van der Waals surface area contributed by atoms with E-state index in [0.717, 1.165) is 12.1 Å². The number of hydrogen-bond acceptors (Lipinski definition) is 11. The highest BCUT2D eigenvalue weighted by Gasteiger charge is 2.28. The van der Waals surface area contributed by atoms with Gasteiger partial charge in [0.25, 0.3) is 20.2 Å². The third-order valence-electron chi connectivity index (χ3n) is 4.67. The molecule has 176 valence electrons. The van der Waals surface area contributed by atoms with Gasteiger partial charge in [-0.3, -0.25) is 9.11 Å². The molecule has 0 bridgehead atoms. The number of anilines is 4. The summed E-state index contributed by atoms with van der Waals surface area (Å²) in [5.74, 6) is 0.